The molecular formula is C7H9N3O. The molecule has 1 heterocycles. The third-order valence-corrected chi connectivity index (χ3v) is 1.17. The second-order valence-corrected chi connectivity index (χ2v) is 2.04. The van der Waals surface area contributed by atoms with Gasteiger partial charge in [0.25, 0.3) is 0 Å². The molecule has 0 fully saturated rings. The summed E-state index contributed by atoms with van der Waals surface area (Å²) in [6.45, 7) is 0.385. The second-order valence-electron chi connectivity index (χ2n) is 2.04. The summed E-state index contributed by atoms with van der Waals surface area (Å²) in [6.07, 6.45) is 1.66. The molecule has 4 heteroatoms. The molecule has 2 amide bonds. The Balaban J connectivity index is 2.45. The summed E-state index contributed by atoms with van der Waals surface area (Å²) in [5, 5.41) is 2.44. The Labute approximate surface area is 64.4 Å². The molecular weight excluding hydrogens is 142 g/mol. The molecule has 0 atom stereocenters. The highest BCUT2D eigenvalue weighted by Gasteiger charge is 1.92. The van der Waals surface area contributed by atoms with Crippen molar-refractivity contribution in [3.05, 3.63) is 30.1 Å². The number of carbonyl (C=O) groups is 1. The van der Waals surface area contributed by atoms with Crippen molar-refractivity contribution >= 4 is 6.03 Å². The third-order valence-electron chi connectivity index (χ3n) is 1.17. The molecule has 3 N–H and O–H groups in total. The van der Waals surface area contributed by atoms with E-state index in [9.17, 15) is 4.79 Å². The van der Waals surface area contributed by atoms with E-state index < -0.39 is 6.03 Å². The predicted octanol–water partition coefficient (Wildman–Crippen LogP) is 0.250. The maximum atomic E-state index is 10.3. The lowest BCUT2D eigenvalue weighted by molar-refractivity contribution is 0.248. The fourth-order valence-electron chi connectivity index (χ4n) is 0.680. The summed E-state index contributed by atoms with van der Waals surface area (Å²) in [5.41, 5.74) is 5.66. The van der Waals surface area contributed by atoms with Crippen molar-refractivity contribution in [2.24, 2.45) is 5.73 Å². The highest BCUT2D eigenvalue weighted by Crippen LogP contribution is 1.90. The van der Waals surface area contributed by atoms with E-state index in [1.165, 1.54) is 0 Å². The van der Waals surface area contributed by atoms with Gasteiger partial charge < -0.3 is 11.1 Å². The Morgan fingerprint density at radius 3 is 3.00 bits per heavy atom. The van der Waals surface area contributed by atoms with E-state index in [1.807, 2.05) is 18.2 Å². The quantitative estimate of drug-likeness (QED) is 0.636. The minimum Gasteiger partial charge on any atom is -0.352 e. The number of carbonyl (C=O) groups excluding carboxylic acids is 1. The molecule has 1 rings (SSSR count). The number of nitrogens with one attached hydrogen (secondary N) is 1. The zero-order valence-electron chi connectivity index (χ0n) is 5.95. The number of rotatable bonds is 2. The minimum absolute atomic E-state index is 0.385. The Morgan fingerprint density at radius 1 is 1.64 bits per heavy atom. The molecule has 0 spiro atoms. The van der Waals surface area contributed by atoms with Gasteiger partial charge in [-0.05, 0) is 12.1 Å². The molecule has 0 aliphatic heterocycles. The van der Waals surface area contributed by atoms with Crippen molar-refractivity contribution < 1.29 is 4.79 Å². The average molecular weight is 151 g/mol. The average Bonchev–Trinajstić information content (AvgIpc) is 2.03. The van der Waals surface area contributed by atoms with Crippen LogP contribution in [0, 0.1) is 0 Å². The molecule has 58 valence electrons. The van der Waals surface area contributed by atoms with Crippen molar-refractivity contribution in [2.45, 2.75) is 6.54 Å². The maximum Gasteiger partial charge on any atom is 0.312 e. The number of pyridine rings is 1. The largest absolute Gasteiger partial charge is 0.352 e. The van der Waals surface area contributed by atoms with Crippen LogP contribution in [0.5, 0.6) is 0 Å². The summed E-state index contributed by atoms with van der Waals surface area (Å²) >= 11 is 0. The number of hydrogen-bond acceptors (Lipinski definition) is 2. The van der Waals surface area contributed by atoms with Crippen molar-refractivity contribution in [1.82, 2.24) is 10.3 Å². The summed E-state index contributed by atoms with van der Waals surface area (Å²) in [5.74, 6) is 0. The monoisotopic (exact) mass is 151 g/mol. The van der Waals surface area contributed by atoms with Crippen molar-refractivity contribution in [3.63, 3.8) is 0 Å². The van der Waals surface area contributed by atoms with Crippen molar-refractivity contribution in [1.29, 1.82) is 0 Å². The van der Waals surface area contributed by atoms with Gasteiger partial charge in [0.2, 0.25) is 0 Å². The van der Waals surface area contributed by atoms with Gasteiger partial charge in [-0.1, -0.05) is 6.07 Å². The zero-order valence-corrected chi connectivity index (χ0v) is 5.95. The van der Waals surface area contributed by atoms with E-state index >= 15 is 0 Å². The molecule has 0 aliphatic rings. The molecule has 0 aliphatic carbocycles. The number of nitrogens with zero attached hydrogens (tertiary/aromatic N) is 1. The molecule has 0 bridgehead atoms. The van der Waals surface area contributed by atoms with E-state index in [0.717, 1.165) is 5.69 Å². The molecule has 0 saturated carbocycles. The maximum absolute atomic E-state index is 10.3. The number of aromatic nitrogens is 1. The first-order chi connectivity index (χ1) is 5.29. The Morgan fingerprint density at radius 2 is 2.45 bits per heavy atom. The Hall–Kier alpha value is -1.58. The van der Waals surface area contributed by atoms with Gasteiger partial charge in [-0.2, -0.15) is 0 Å². The molecule has 0 aromatic carbocycles. The topological polar surface area (TPSA) is 68.0 Å². The lowest BCUT2D eigenvalue weighted by atomic mass is 10.3. The van der Waals surface area contributed by atoms with Gasteiger partial charge in [0, 0.05) is 6.20 Å². The summed E-state index contributed by atoms with van der Waals surface area (Å²) in [4.78, 5) is 14.2. The fraction of sp³-hybridized carbons (Fsp3) is 0.143. The number of hydrogen-bond donors (Lipinski definition) is 2. The van der Waals surface area contributed by atoms with Crippen LogP contribution < -0.4 is 11.1 Å². The van der Waals surface area contributed by atoms with Crippen molar-refractivity contribution in [3.8, 4) is 0 Å². The summed E-state index contributed by atoms with van der Waals surface area (Å²) in [7, 11) is 0. The lowest BCUT2D eigenvalue weighted by Gasteiger charge is -1.98. The number of primary amides is 1. The SMILES string of the molecule is NC(=O)NCc1ccccn1. The number of urea groups is 1. The standard InChI is InChI=1S/C7H9N3O/c8-7(11)10-5-6-3-1-2-4-9-6/h1-4H,5H2,(H3,8,10,11). The summed E-state index contributed by atoms with van der Waals surface area (Å²) < 4.78 is 0. The van der Waals surface area contributed by atoms with Gasteiger partial charge in [0.05, 0.1) is 12.2 Å². The van der Waals surface area contributed by atoms with Gasteiger partial charge >= 0.3 is 6.03 Å². The molecule has 0 radical (unpaired) electrons. The van der Waals surface area contributed by atoms with Crippen LogP contribution in [0.2, 0.25) is 0 Å². The zero-order chi connectivity index (χ0) is 8.10. The minimum atomic E-state index is -0.532. The van der Waals surface area contributed by atoms with Gasteiger partial charge in [0.15, 0.2) is 0 Å². The van der Waals surface area contributed by atoms with E-state index in [-0.39, 0.29) is 0 Å². The molecule has 1 aromatic heterocycles. The highest BCUT2D eigenvalue weighted by atomic mass is 16.2. The van der Waals surface area contributed by atoms with Crippen LogP contribution in [0.15, 0.2) is 24.4 Å². The first-order valence-electron chi connectivity index (χ1n) is 3.22. The number of nitrogens with two attached hydrogens (primary N) is 1. The van der Waals surface area contributed by atoms with Crippen LogP contribution in [-0.2, 0) is 6.54 Å². The van der Waals surface area contributed by atoms with E-state index in [1.54, 1.807) is 6.20 Å². The van der Waals surface area contributed by atoms with Crippen LogP contribution in [0.3, 0.4) is 0 Å². The Bertz CT molecular complexity index is 235. The summed E-state index contributed by atoms with van der Waals surface area (Å²) in [6, 6.07) is 4.95. The molecule has 11 heavy (non-hydrogen) atoms. The predicted molar refractivity (Wildman–Crippen MR) is 40.7 cm³/mol. The van der Waals surface area contributed by atoms with E-state index in [4.69, 9.17) is 5.73 Å². The van der Waals surface area contributed by atoms with Crippen LogP contribution >= 0.6 is 0 Å². The van der Waals surface area contributed by atoms with Gasteiger partial charge in [0.1, 0.15) is 0 Å². The van der Waals surface area contributed by atoms with Crippen LogP contribution in [-0.4, -0.2) is 11.0 Å². The fourth-order valence-corrected chi connectivity index (χ4v) is 0.680. The molecule has 0 unspecified atom stereocenters. The van der Waals surface area contributed by atoms with Crippen LogP contribution in [0.4, 0.5) is 4.79 Å². The van der Waals surface area contributed by atoms with Crippen molar-refractivity contribution in [2.75, 3.05) is 0 Å². The van der Waals surface area contributed by atoms with Crippen LogP contribution in [0.1, 0.15) is 5.69 Å². The first kappa shape index (κ1) is 7.53. The Kier molecular flexibility index (Phi) is 2.43. The molecule has 4 nitrogen and oxygen atoms in total. The van der Waals surface area contributed by atoms with Crippen LogP contribution in [0.25, 0.3) is 0 Å². The molecule has 1 aromatic rings. The highest BCUT2D eigenvalue weighted by molar-refractivity contribution is 5.71. The molecule has 0 saturated heterocycles. The first-order valence-corrected chi connectivity index (χ1v) is 3.22. The third kappa shape index (κ3) is 2.66. The number of amides is 2. The van der Waals surface area contributed by atoms with E-state index in [2.05, 4.69) is 10.3 Å². The van der Waals surface area contributed by atoms with Gasteiger partial charge in [-0.25, -0.2) is 4.79 Å². The smallest absolute Gasteiger partial charge is 0.312 e. The van der Waals surface area contributed by atoms with Gasteiger partial charge in [-0.15, -0.1) is 0 Å². The normalized spacial score (nSPS) is 9.09. The lowest BCUT2D eigenvalue weighted by Crippen LogP contribution is -2.28. The van der Waals surface area contributed by atoms with E-state index in [0.29, 0.717) is 6.54 Å². The second kappa shape index (κ2) is 3.55. The van der Waals surface area contributed by atoms with Gasteiger partial charge in [-0.3, -0.25) is 4.98 Å².